The molecule has 0 saturated heterocycles. The van der Waals surface area contributed by atoms with Crippen LogP contribution in [-0.2, 0) is 4.74 Å². The molecule has 0 unspecified atom stereocenters. The molecule has 0 amide bonds. The van der Waals surface area contributed by atoms with E-state index >= 15 is 0 Å². The van der Waals surface area contributed by atoms with Crippen LogP contribution in [0.4, 0.5) is 0 Å². The molecular formula is C11H15NO3. The lowest BCUT2D eigenvalue weighted by molar-refractivity contribution is 0.0518. The third-order valence-corrected chi connectivity index (χ3v) is 2.41. The Morgan fingerprint density at radius 1 is 1.27 bits per heavy atom. The van der Waals surface area contributed by atoms with Gasteiger partial charge < -0.3 is 9.72 Å². The highest BCUT2D eigenvalue weighted by Crippen LogP contribution is 2.06. The van der Waals surface area contributed by atoms with Gasteiger partial charge in [-0.05, 0) is 27.7 Å². The molecule has 1 heterocycles. The summed E-state index contributed by atoms with van der Waals surface area (Å²) in [4.78, 5) is 26.1. The molecule has 4 nitrogen and oxygen atoms in total. The first-order valence-corrected chi connectivity index (χ1v) is 4.86. The third kappa shape index (κ3) is 2.09. The fourth-order valence-corrected chi connectivity index (χ4v) is 1.35. The van der Waals surface area contributed by atoms with Crippen LogP contribution < -0.4 is 5.43 Å². The van der Waals surface area contributed by atoms with Gasteiger partial charge in [0.25, 0.3) is 0 Å². The van der Waals surface area contributed by atoms with E-state index in [0.29, 0.717) is 23.4 Å². The minimum atomic E-state index is -0.477. The number of ether oxygens (including phenoxy) is 1. The van der Waals surface area contributed by atoms with Crippen LogP contribution in [0.3, 0.4) is 0 Å². The summed E-state index contributed by atoms with van der Waals surface area (Å²) >= 11 is 0. The molecule has 0 bridgehead atoms. The molecule has 1 aromatic rings. The second-order valence-corrected chi connectivity index (χ2v) is 3.42. The first-order valence-electron chi connectivity index (χ1n) is 4.86. The monoisotopic (exact) mass is 209 g/mol. The standard InChI is InChI=1S/C11H15NO3/c1-5-15-11(14)9-7(3)10(13)6(2)8(4)12-9/h5H2,1-4H3,(H,12,13). The molecule has 0 spiro atoms. The highest BCUT2D eigenvalue weighted by Gasteiger charge is 2.15. The molecule has 0 radical (unpaired) electrons. The van der Waals surface area contributed by atoms with Crippen LogP contribution in [-0.4, -0.2) is 17.6 Å². The van der Waals surface area contributed by atoms with Crippen LogP contribution in [0.2, 0.25) is 0 Å². The highest BCUT2D eigenvalue weighted by atomic mass is 16.5. The van der Waals surface area contributed by atoms with E-state index in [0.717, 1.165) is 0 Å². The summed E-state index contributed by atoms with van der Waals surface area (Å²) in [5.41, 5.74) is 1.91. The summed E-state index contributed by atoms with van der Waals surface area (Å²) < 4.78 is 4.85. The van der Waals surface area contributed by atoms with Crippen molar-refractivity contribution in [3.8, 4) is 0 Å². The van der Waals surface area contributed by atoms with Crippen molar-refractivity contribution in [2.45, 2.75) is 27.7 Å². The number of aryl methyl sites for hydroxylation is 1. The van der Waals surface area contributed by atoms with E-state index in [-0.39, 0.29) is 11.1 Å². The Bertz CT molecular complexity index is 446. The minimum absolute atomic E-state index is 0.102. The summed E-state index contributed by atoms with van der Waals surface area (Å²) in [6.45, 7) is 7.14. The zero-order valence-electron chi connectivity index (χ0n) is 9.43. The maximum atomic E-state index is 11.7. The quantitative estimate of drug-likeness (QED) is 0.750. The van der Waals surface area contributed by atoms with Crippen molar-refractivity contribution in [1.29, 1.82) is 0 Å². The average Bonchev–Trinajstić information content (AvgIpc) is 2.20. The molecule has 1 rings (SSSR count). The van der Waals surface area contributed by atoms with Crippen LogP contribution in [0.25, 0.3) is 0 Å². The number of nitrogens with one attached hydrogen (secondary N) is 1. The maximum Gasteiger partial charge on any atom is 0.355 e. The van der Waals surface area contributed by atoms with Crippen molar-refractivity contribution in [3.05, 3.63) is 32.7 Å². The number of rotatable bonds is 2. The Balaban J connectivity index is 3.33. The summed E-state index contributed by atoms with van der Waals surface area (Å²) in [6.07, 6.45) is 0. The predicted octanol–water partition coefficient (Wildman–Crippen LogP) is 1.48. The lowest BCUT2D eigenvalue weighted by Crippen LogP contribution is -2.20. The van der Waals surface area contributed by atoms with E-state index in [9.17, 15) is 9.59 Å². The van der Waals surface area contributed by atoms with Crippen molar-refractivity contribution in [1.82, 2.24) is 4.98 Å². The van der Waals surface area contributed by atoms with Gasteiger partial charge in [0, 0.05) is 16.8 Å². The molecule has 1 N–H and O–H groups in total. The molecule has 82 valence electrons. The Labute approximate surface area is 88.3 Å². The predicted molar refractivity (Wildman–Crippen MR) is 57.2 cm³/mol. The molecule has 15 heavy (non-hydrogen) atoms. The van der Waals surface area contributed by atoms with Crippen LogP contribution in [0.5, 0.6) is 0 Å². The third-order valence-electron chi connectivity index (χ3n) is 2.41. The van der Waals surface area contributed by atoms with E-state index in [1.165, 1.54) is 0 Å². The van der Waals surface area contributed by atoms with Crippen LogP contribution in [0.1, 0.15) is 34.2 Å². The van der Waals surface area contributed by atoms with Crippen molar-refractivity contribution in [3.63, 3.8) is 0 Å². The zero-order valence-corrected chi connectivity index (χ0v) is 9.43. The topological polar surface area (TPSA) is 59.2 Å². The van der Waals surface area contributed by atoms with E-state index in [1.54, 1.807) is 27.7 Å². The molecule has 0 aliphatic carbocycles. The normalized spacial score (nSPS) is 10.1. The van der Waals surface area contributed by atoms with Gasteiger partial charge in [0.15, 0.2) is 5.43 Å². The van der Waals surface area contributed by atoms with Gasteiger partial charge in [-0.25, -0.2) is 4.79 Å². The molecule has 0 fully saturated rings. The number of esters is 1. The van der Waals surface area contributed by atoms with Gasteiger partial charge in [-0.15, -0.1) is 0 Å². The van der Waals surface area contributed by atoms with Gasteiger partial charge in [0.1, 0.15) is 5.69 Å². The molecule has 1 aromatic heterocycles. The van der Waals surface area contributed by atoms with Crippen molar-refractivity contribution < 1.29 is 9.53 Å². The Morgan fingerprint density at radius 2 is 1.87 bits per heavy atom. The van der Waals surface area contributed by atoms with Gasteiger partial charge >= 0.3 is 5.97 Å². The Hall–Kier alpha value is -1.58. The van der Waals surface area contributed by atoms with Crippen LogP contribution in [0, 0.1) is 20.8 Å². The van der Waals surface area contributed by atoms with Gasteiger partial charge in [-0.3, -0.25) is 4.79 Å². The molecule has 0 atom stereocenters. The lowest BCUT2D eigenvalue weighted by Gasteiger charge is -2.08. The average molecular weight is 209 g/mol. The molecule has 0 aliphatic rings. The first kappa shape index (κ1) is 11.5. The van der Waals surface area contributed by atoms with Crippen LogP contribution in [0.15, 0.2) is 4.79 Å². The number of pyridine rings is 1. The first-order chi connectivity index (χ1) is 6.99. The highest BCUT2D eigenvalue weighted by molar-refractivity contribution is 5.88. The smallest absolute Gasteiger partial charge is 0.355 e. The molecule has 0 aromatic carbocycles. The number of carbonyl (C=O) groups excluding carboxylic acids is 1. The van der Waals surface area contributed by atoms with E-state index < -0.39 is 5.97 Å². The lowest BCUT2D eigenvalue weighted by atomic mass is 10.1. The van der Waals surface area contributed by atoms with E-state index in [1.807, 2.05) is 0 Å². The number of H-pyrrole nitrogens is 1. The van der Waals surface area contributed by atoms with Crippen molar-refractivity contribution in [2.24, 2.45) is 0 Å². The maximum absolute atomic E-state index is 11.7. The van der Waals surface area contributed by atoms with Gasteiger partial charge in [-0.1, -0.05) is 0 Å². The van der Waals surface area contributed by atoms with E-state index in [2.05, 4.69) is 4.98 Å². The number of aromatic amines is 1. The summed E-state index contributed by atoms with van der Waals surface area (Å²) in [5.74, 6) is -0.477. The van der Waals surface area contributed by atoms with Crippen molar-refractivity contribution in [2.75, 3.05) is 6.61 Å². The molecular weight excluding hydrogens is 194 g/mol. The number of carbonyl (C=O) groups is 1. The fraction of sp³-hybridized carbons (Fsp3) is 0.455. The van der Waals surface area contributed by atoms with Gasteiger partial charge in [0.05, 0.1) is 6.61 Å². The number of hydrogen-bond acceptors (Lipinski definition) is 3. The Kier molecular flexibility index (Phi) is 3.29. The SMILES string of the molecule is CCOC(=O)c1[nH]c(C)c(C)c(=O)c1C. The van der Waals surface area contributed by atoms with E-state index in [4.69, 9.17) is 4.74 Å². The van der Waals surface area contributed by atoms with Crippen molar-refractivity contribution >= 4 is 5.97 Å². The number of aromatic nitrogens is 1. The second kappa shape index (κ2) is 4.29. The largest absolute Gasteiger partial charge is 0.461 e. The number of hydrogen-bond donors (Lipinski definition) is 1. The second-order valence-electron chi connectivity index (χ2n) is 3.42. The molecule has 0 saturated carbocycles. The van der Waals surface area contributed by atoms with Crippen LogP contribution >= 0.6 is 0 Å². The summed E-state index contributed by atoms with van der Waals surface area (Å²) in [7, 11) is 0. The van der Waals surface area contributed by atoms with Gasteiger partial charge in [0.2, 0.25) is 0 Å². The zero-order chi connectivity index (χ0) is 11.6. The Morgan fingerprint density at radius 3 is 2.40 bits per heavy atom. The molecule has 0 aliphatic heterocycles. The summed E-state index contributed by atoms with van der Waals surface area (Å²) in [6, 6.07) is 0. The summed E-state index contributed by atoms with van der Waals surface area (Å²) in [5, 5.41) is 0. The van der Waals surface area contributed by atoms with Gasteiger partial charge in [-0.2, -0.15) is 0 Å². The minimum Gasteiger partial charge on any atom is -0.461 e. The molecule has 4 heteroatoms. The fourth-order valence-electron chi connectivity index (χ4n) is 1.35.